The molecule has 0 aromatic heterocycles. The lowest BCUT2D eigenvalue weighted by Gasteiger charge is -2.30. The van der Waals surface area contributed by atoms with E-state index in [1.807, 2.05) is 0 Å². The van der Waals surface area contributed by atoms with Gasteiger partial charge in [0.05, 0.1) is 6.04 Å². The van der Waals surface area contributed by atoms with Gasteiger partial charge in [-0.2, -0.15) is 12.6 Å². The monoisotopic (exact) mass is 502 g/mol. The molecule has 0 saturated carbocycles. The molecule has 0 aromatic carbocycles. The van der Waals surface area contributed by atoms with Gasteiger partial charge < -0.3 is 43.6 Å². The van der Waals surface area contributed by atoms with Gasteiger partial charge in [0.25, 0.3) is 0 Å². The SMILES string of the molecule is NCCCCC(N)C(=O)NC(CCCN=C(N)N)C(=O)N1CCCC1C(=O)NC(CS)C(=O)O. The number of carboxylic acids is 1. The van der Waals surface area contributed by atoms with E-state index in [1.165, 1.54) is 4.90 Å². The number of hydrogen-bond acceptors (Lipinski definition) is 8. The maximum atomic E-state index is 13.4. The quantitative estimate of drug-likeness (QED) is 0.0509. The van der Waals surface area contributed by atoms with Crippen LogP contribution in [0.3, 0.4) is 0 Å². The highest BCUT2D eigenvalue weighted by molar-refractivity contribution is 7.80. The lowest BCUT2D eigenvalue weighted by Crippen LogP contribution is -2.57. The first-order valence-corrected chi connectivity index (χ1v) is 12.0. The van der Waals surface area contributed by atoms with Gasteiger partial charge in [0.1, 0.15) is 18.1 Å². The Morgan fingerprint density at radius 3 is 2.38 bits per heavy atom. The summed E-state index contributed by atoms with van der Waals surface area (Å²) in [7, 11) is 0. The number of amides is 3. The van der Waals surface area contributed by atoms with E-state index in [2.05, 4.69) is 28.3 Å². The molecule has 1 rings (SSSR count). The molecule has 1 fully saturated rings. The number of rotatable bonds is 15. The standard InChI is InChI=1S/C20H38N8O5S/c21-8-2-1-5-12(22)16(29)26-13(6-3-9-25-20(23)24)18(31)28-10-4-7-15(28)17(30)27-14(11-34)19(32)33/h12-15,34H,1-11,21-22H2,(H,26,29)(H,27,30)(H,32,33)(H4,23,24,25). The van der Waals surface area contributed by atoms with Gasteiger partial charge in [-0.05, 0) is 45.1 Å². The average Bonchev–Trinajstić information content (AvgIpc) is 3.28. The van der Waals surface area contributed by atoms with E-state index in [4.69, 9.17) is 22.9 Å². The van der Waals surface area contributed by atoms with E-state index >= 15 is 0 Å². The number of thiol groups is 1. The number of nitrogens with zero attached hydrogens (tertiary/aromatic N) is 2. The maximum absolute atomic E-state index is 13.4. The van der Waals surface area contributed by atoms with Gasteiger partial charge >= 0.3 is 5.97 Å². The lowest BCUT2D eigenvalue weighted by molar-refractivity contribution is -0.144. The number of carbonyl (C=O) groups excluding carboxylic acids is 3. The molecular formula is C20H38N8O5S. The smallest absolute Gasteiger partial charge is 0.327 e. The lowest BCUT2D eigenvalue weighted by atomic mass is 10.1. The zero-order chi connectivity index (χ0) is 25.7. The highest BCUT2D eigenvalue weighted by atomic mass is 32.1. The van der Waals surface area contributed by atoms with Crippen molar-refractivity contribution in [3.8, 4) is 0 Å². The molecule has 0 aromatic rings. The van der Waals surface area contributed by atoms with Crippen molar-refractivity contribution in [3.63, 3.8) is 0 Å². The predicted octanol–water partition coefficient (Wildman–Crippen LogP) is -2.53. The molecule has 11 N–H and O–H groups in total. The number of carbonyl (C=O) groups is 4. The zero-order valence-electron chi connectivity index (χ0n) is 19.3. The normalized spacial score (nSPS) is 18.0. The number of guanidine groups is 1. The van der Waals surface area contributed by atoms with E-state index in [9.17, 15) is 24.3 Å². The van der Waals surface area contributed by atoms with Crippen LogP contribution in [-0.2, 0) is 19.2 Å². The fourth-order valence-corrected chi connectivity index (χ4v) is 3.88. The van der Waals surface area contributed by atoms with Crippen molar-refractivity contribution in [2.75, 3.05) is 25.4 Å². The number of carboxylic acid groups (broad SMARTS) is 1. The van der Waals surface area contributed by atoms with Crippen molar-refractivity contribution in [3.05, 3.63) is 0 Å². The van der Waals surface area contributed by atoms with Gasteiger partial charge in [0, 0.05) is 18.8 Å². The van der Waals surface area contributed by atoms with Gasteiger partial charge in [0.15, 0.2) is 5.96 Å². The molecule has 1 saturated heterocycles. The fourth-order valence-electron chi connectivity index (χ4n) is 3.64. The zero-order valence-corrected chi connectivity index (χ0v) is 20.2. The van der Waals surface area contributed by atoms with E-state index in [0.29, 0.717) is 45.2 Å². The third kappa shape index (κ3) is 9.73. The highest BCUT2D eigenvalue weighted by Gasteiger charge is 2.38. The van der Waals surface area contributed by atoms with Crippen molar-refractivity contribution in [2.45, 2.75) is 69.1 Å². The molecule has 0 spiro atoms. The van der Waals surface area contributed by atoms with Crippen molar-refractivity contribution in [1.29, 1.82) is 0 Å². The minimum Gasteiger partial charge on any atom is -0.480 e. The Morgan fingerprint density at radius 2 is 1.79 bits per heavy atom. The van der Waals surface area contributed by atoms with E-state index < -0.39 is 47.9 Å². The second-order valence-corrected chi connectivity index (χ2v) is 8.54. The summed E-state index contributed by atoms with van der Waals surface area (Å²) in [5.41, 5.74) is 22.1. The number of likely N-dealkylation sites (tertiary alicyclic amines) is 1. The van der Waals surface area contributed by atoms with E-state index in [0.717, 1.165) is 6.42 Å². The first-order chi connectivity index (χ1) is 16.1. The first-order valence-electron chi connectivity index (χ1n) is 11.4. The summed E-state index contributed by atoms with van der Waals surface area (Å²) in [5, 5.41) is 14.3. The molecule has 194 valence electrons. The molecular weight excluding hydrogens is 464 g/mol. The van der Waals surface area contributed by atoms with Crippen LogP contribution in [0.1, 0.15) is 44.9 Å². The second kappa shape index (κ2) is 15.3. The molecule has 1 heterocycles. The predicted molar refractivity (Wildman–Crippen MR) is 131 cm³/mol. The first kappa shape index (κ1) is 29.5. The molecule has 1 aliphatic heterocycles. The summed E-state index contributed by atoms with van der Waals surface area (Å²) in [6.45, 7) is 1.06. The summed E-state index contributed by atoms with van der Waals surface area (Å²) in [4.78, 5) is 55.2. The van der Waals surface area contributed by atoms with Gasteiger partial charge in [-0.25, -0.2) is 4.79 Å². The van der Waals surface area contributed by atoms with Crippen molar-refractivity contribution in [2.24, 2.45) is 27.9 Å². The van der Waals surface area contributed by atoms with Crippen LogP contribution in [0.5, 0.6) is 0 Å². The molecule has 13 nitrogen and oxygen atoms in total. The summed E-state index contributed by atoms with van der Waals surface area (Å²) < 4.78 is 0. The van der Waals surface area contributed by atoms with Crippen LogP contribution in [0.25, 0.3) is 0 Å². The molecule has 4 atom stereocenters. The largest absolute Gasteiger partial charge is 0.480 e. The van der Waals surface area contributed by atoms with E-state index in [1.54, 1.807) is 0 Å². The topological polar surface area (TPSA) is 232 Å². The minimum absolute atomic E-state index is 0.0812. The number of aliphatic carboxylic acids is 1. The molecule has 1 aliphatic rings. The molecule has 0 radical (unpaired) electrons. The Bertz CT molecular complexity index is 734. The van der Waals surface area contributed by atoms with Crippen molar-refractivity contribution < 1.29 is 24.3 Å². The number of hydrogen-bond donors (Lipinski definition) is 8. The summed E-state index contributed by atoms with van der Waals surface area (Å²) in [5.74, 6) is -2.87. The van der Waals surface area contributed by atoms with Crippen molar-refractivity contribution in [1.82, 2.24) is 15.5 Å². The van der Waals surface area contributed by atoms with Crippen LogP contribution in [0, 0.1) is 0 Å². The molecule has 14 heteroatoms. The van der Waals surface area contributed by atoms with Crippen LogP contribution in [-0.4, -0.2) is 89.2 Å². The van der Waals surface area contributed by atoms with Crippen molar-refractivity contribution >= 4 is 42.3 Å². The average molecular weight is 503 g/mol. The summed E-state index contributed by atoms with van der Waals surface area (Å²) >= 11 is 3.95. The number of nitrogens with two attached hydrogens (primary N) is 4. The Balaban J connectivity index is 2.92. The second-order valence-electron chi connectivity index (χ2n) is 8.17. The fraction of sp³-hybridized carbons (Fsp3) is 0.750. The molecule has 0 aliphatic carbocycles. The number of unbranched alkanes of at least 4 members (excludes halogenated alkanes) is 1. The Kier molecular flexibility index (Phi) is 13.3. The minimum atomic E-state index is -1.22. The van der Waals surface area contributed by atoms with Crippen LogP contribution in [0.4, 0.5) is 0 Å². The third-order valence-electron chi connectivity index (χ3n) is 5.50. The van der Waals surface area contributed by atoms with Gasteiger partial charge in [0.2, 0.25) is 17.7 Å². The Hall–Kier alpha value is -2.58. The Morgan fingerprint density at radius 1 is 1.09 bits per heavy atom. The molecule has 4 unspecified atom stereocenters. The van der Waals surface area contributed by atoms with Crippen LogP contribution in [0.15, 0.2) is 4.99 Å². The molecule has 34 heavy (non-hydrogen) atoms. The molecule has 0 bridgehead atoms. The third-order valence-corrected chi connectivity index (χ3v) is 5.87. The van der Waals surface area contributed by atoms with E-state index in [-0.39, 0.29) is 24.7 Å². The summed E-state index contributed by atoms with van der Waals surface area (Å²) in [6.07, 6.45) is 3.42. The van der Waals surface area contributed by atoms with Gasteiger partial charge in [-0.1, -0.05) is 6.42 Å². The Labute approximate surface area is 204 Å². The van der Waals surface area contributed by atoms with Gasteiger partial charge in [-0.15, -0.1) is 0 Å². The van der Waals surface area contributed by atoms with Gasteiger partial charge in [-0.3, -0.25) is 19.4 Å². The highest BCUT2D eigenvalue weighted by Crippen LogP contribution is 2.20. The van der Waals surface area contributed by atoms with Crippen LogP contribution < -0.4 is 33.6 Å². The number of nitrogens with one attached hydrogen (secondary N) is 2. The summed E-state index contributed by atoms with van der Waals surface area (Å²) in [6, 6.07) is -3.75. The maximum Gasteiger partial charge on any atom is 0.327 e. The number of aliphatic imine (C=N–C) groups is 1. The van der Waals surface area contributed by atoms with Crippen LogP contribution in [0.2, 0.25) is 0 Å². The van der Waals surface area contributed by atoms with Crippen LogP contribution >= 0.6 is 12.6 Å². The molecule has 3 amide bonds.